The van der Waals surface area contributed by atoms with Crippen LogP contribution in [0.25, 0.3) is 16.5 Å². The van der Waals surface area contributed by atoms with E-state index in [0.29, 0.717) is 5.75 Å². The first-order valence-corrected chi connectivity index (χ1v) is 6.03. The van der Waals surface area contributed by atoms with Crippen molar-refractivity contribution in [1.29, 1.82) is 0 Å². The number of aryl methyl sites for hydroxylation is 1. The number of allylic oxidation sites excluding steroid dienone is 1. The van der Waals surface area contributed by atoms with E-state index < -0.39 is 0 Å². The van der Waals surface area contributed by atoms with Crippen LogP contribution < -0.4 is 10.1 Å². The van der Waals surface area contributed by atoms with E-state index in [-0.39, 0.29) is 5.91 Å². The number of carbonyl (C=O) groups excluding carboxylic acids is 1. The Kier molecular flexibility index (Phi) is 3.60. The van der Waals surface area contributed by atoms with Crippen LogP contribution in [-0.2, 0) is 4.79 Å². The number of hydrogen-bond acceptors (Lipinski definition) is 3. The van der Waals surface area contributed by atoms with Crippen molar-refractivity contribution in [2.24, 2.45) is 0 Å². The van der Waals surface area contributed by atoms with Gasteiger partial charge < -0.3 is 14.5 Å². The normalized spacial score (nSPS) is 11.7. The summed E-state index contributed by atoms with van der Waals surface area (Å²) in [5, 5.41) is 3.60. The second kappa shape index (κ2) is 5.18. The summed E-state index contributed by atoms with van der Waals surface area (Å²) in [4.78, 5) is 11.4. The first kappa shape index (κ1) is 13.2. The summed E-state index contributed by atoms with van der Waals surface area (Å²) in [6, 6.07) is 3.83. The van der Waals surface area contributed by atoms with Gasteiger partial charge in [-0.1, -0.05) is 0 Å². The molecule has 0 atom stereocenters. The molecule has 1 aromatic carbocycles. The van der Waals surface area contributed by atoms with Crippen LogP contribution in [0, 0.1) is 6.92 Å². The molecule has 1 heterocycles. The molecule has 0 aliphatic carbocycles. The van der Waals surface area contributed by atoms with Gasteiger partial charge in [-0.15, -0.1) is 0 Å². The summed E-state index contributed by atoms with van der Waals surface area (Å²) in [5.41, 5.74) is 3.58. The summed E-state index contributed by atoms with van der Waals surface area (Å²) in [7, 11) is 3.21. The largest absolute Gasteiger partial charge is 0.496 e. The van der Waals surface area contributed by atoms with Crippen molar-refractivity contribution in [1.82, 2.24) is 5.32 Å². The molecule has 4 heteroatoms. The van der Waals surface area contributed by atoms with Crippen molar-refractivity contribution in [3.05, 3.63) is 35.6 Å². The van der Waals surface area contributed by atoms with Gasteiger partial charge in [0.25, 0.3) is 0 Å². The Labute approximate surface area is 112 Å². The molecule has 4 nitrogen and oxygen atoms in total. The first-order valence-electron chi connectivity index (χ1n) is 6.03. The predicted molar refractivity (Wildman–Crippen MR) is 75.2 cm³/mol. The summed E-state index contributed by atoms with van der Waals surface area (Å²) < 4.78 is 10.8. The Bertz CT molecular complexity index is 653. The van der Waals surface area contributed by atoms with Gasteiger partial charge in [0.2, 0.25) is 5.91 Å². The zero-order valence-corrected chi connectivity index (χ0v) is 11.5. The molecule has 0 saturated carbocycles. The number of rotatable bonds is 3. The van der Waals surface area contributed by atoms with Gasteiger partial charge >= 0.3 is 0 Å². The van der Waals surface area contributed by atoms with Gasteiger partial charge in [0.15, 0.2) is 0 Å². The van der Waals surface area contributed by atoms with Gasteiger partial charge in [-0.05, 0) is 31.1 Å². The van der Waals surface area contributed by atoms with E-state index in [1.807, 2.05) is 26.0 Å². The van der Waals surface area contributed by atoms with Crippen LogP contribution in [0.1, 0.15) is 18.1 Å². The summed E-state index contributed by atoms with van der Waals surface area (Å²) in [6.45, 7) is 3.87. The van der Waals surface area contributed by atoms with Crippen LogP contribution in [0.2, 0.25) is 0 Å². The third-order valence-electron chi connectivity index (χ3n) is 3.11. The number of ether oxygens (including phenoxy) is 1. The van der Waals surface area contributed by atoms with E-state index in [1.54, 1.807) is 26.5 Å². The van der Waals surface area contributed by atoms with Gasteiger partial charge in [0, 0.05) is 30.1 Å². The Balaban J connectivity index is 2.60. The fourth-order valence-corrected chi connectivity index (χ4v) is 2.01. The maximum absolute atomic E-state index is 11.4. The molecule has 0 aliphatic rings. The van der Waals surface area contributed by atoms with Crippen molar-refractivity contribution in [2.75, 3.05) is 14.2 Å². The smallest absolute Gasteiger partial charge is 0.244 e. The highest BCUT2D eigenvalue weighted by molar-refractivity contribution is 5.97. The summed E-state index contributed by atoms with van der Waals surface area (Å²) in [6.07, 6.45) is 3.27. The molecule has 100 valence electrons. The maximum Gasteiger partial charge on any atom is 0.244 e. The van der Waals surface area contributed by atoms with Crippen LogP contribution in [0.4, 0.5) is 0 Å². The average Bonchev–Trinajstić information content (AvgIpc) is 2.78. The molecule has 1 N–H and O–H groups in total. The SMILES string of the molecule is CNC(=O)/C=C(\C)c1cc2c(C)coc2cc1OC. The van der Waals surface area contributed by atoms with E-state index in [2.05, 4.69) is 5.32 Å². The molecular weight excluding hydrogens is 242 g/mol. The highest BCUT2D eigenvalue weighted by Gasteiger charge is 2.11. The van der Waals surface area contributed by atoms with E-state index in [4.69, 9.17) is 9.15 Å². The molecule has 0 saturated heterocycles. The van der Waals surface area contributed by atoms with E-state index in [0.717, 1.165) is 27.7 Å². The number of amides is 1. The summed E-state index contributed by atoms with van der Waals surface area (Å²) >= 11 is 0. The molecule has 0 aliphatic heterocycles. The van der Waals surface area contributed by atoms with Crippen LogP contribution in [-0.4, -0.2) is 20.1 Å². The number of fused-ring (bicyclic) bond motifs is 1. The Morgan fingerprint density at radius 2 is 2.16 bits per heavy atom. The molecule has 0 fully saturated rings. The van der Waals surface area contributed by atoms with Gasteiger partial charge in [0.1, 0.15) is 11.3 Å². The van der Waals surface area contributed by atoms with Gasteiger partial charge in [0.05, 0.1) is 13.4 Å². The molecule has 2 rings (SSSR count). The molecular formula is C15H17NO3. The van der Waals surface area contributed by atoms with Crippen molar-refractivity contribution >= 4 is 22.4 Å². The van der Waals surface area contributed by atoms with Crippen molar-refractivity contribution in [3.8, 4) is 5.75 Å². The van der Waals surface area contributed by atoms with Gasteiger partial charge in [-0.3, -0.25) is 4.79 Å². The number of carbonyl (C=O) groups is 1. The van der Waals surface area contributed by atoms with Crippen molar-refractivity contribution in [2.45, 2.75) is 13.8 Å². The lowest BCUT2D eigenvalue weighted by Gasteiger charge is -2.09. The zero-order chi connectivity index (χ0) is 14.0. The fourth-order valence-electron chi connectivity index (χ4n) is 2.01. The molecule has 0 radical (unpaired) electrons. The molecule has 19 heavy (non-hydrogen) atoms. The minimum absolute atomic E-state index is 0.136. The van der Waals surface area contributed by atoms with Crippen LogP contribution >= 0.6 is 0 Å². The van der Waals surface area contributed by atoms with Crippen molar-refractivity contribution < 1.29 is 13.9 Å². The Hall–Kier alpha value is -2.23. The summed E-state index contributed by atoms with van der Waals surface area (Å²) in [5.74, 6) is 0.558. The highest BCUT2D eigenvalue weighted by Crippen LogP contribution is 2.33. The van der Waals surface area contributed by atoms with Crippen LogP contribution in [0.5, 0.6) is 5.75 Å². The number of benzene rings is 1. The monoisotopic (exact) mass is 259 g/mol. The average molecular weight is 259 g/mol. The second-order valence-corrected chi connectivity index (χ2v) is 4.41. The zero-order valence-electron chi connectivity index (χ0n) is 11.5. The third-order valence-corrected chi connectivity index (χ3v) is 3.11. The molecule has 1 aromatic heterocycles. The lowest BCUT2D eigenvalue weighted by molar-refractivity contribution is -0.116. The molecule has 0 bridgehead atoms. The van der Waals surface area contributed by atoms with E-state index in [9.17, 15) is 4.79 Å². The highest BCUT2D eigenvalue weighted by atomic mass is 16.5. The quantitative estimate of drug-likeness (QED) is 0.862. The number of likely N-dealkylation sites (N-methyl/N-ethyl adjacent to an activating group) is 1. The van der Waals surface area contributed by atoms with Gasteiger partial charge in [-0.2, -0.15) is 0 Å². The minimum atomic E-state index is -0.136. The Morgan fingerprint density at radius 1 is 1.42 bits per heavy atom. The minimum Gasteiger partial charge on any atom is -0.496 e. The first-order chi connectivity index (χ1) is 9.06. The fraction of sp³-hybridized carbons (Fsp3) is 0.267. The van der Waals surface area contributed by atoms with Crippen molar-refractivity contribution in [3.63, 3.8) is 0 Å². The van der Waals surface area contributed by atoms with Gasteiger partial charge in [-0.25, -0.2) is 0 Å². The number of hydrogen-bond donors (Lipinski definition) is 1. The third kappa shape index (κ3) is 2.47. The number of methoxy groups -OCH3 is 1. The predicted octanol–water partition coefficient (Wildman–Crippen LogP) is 2.90. The molecule has 0 unspecified atom stereocenters. The van der Waals surface area contributed by atoms with Crippen LogP contribution in [0.3, 0.4) is 0 Å². The number of nitrogens with one attached hydrogen (secondary N) is 1. The topological polar surface area (TPSA) is 51.5 Å². The standard InChI is InChI=1S/C15H17NO3/c1-9(5-15(17)16-3)11-6-12-10(2)8-19-14(12)7-13(11)18-4/h5-8H,1-4H3,(H,16,17)/b9-5+. The molecule has 2 aromatic rings. The molecule has 0 spiro atoms. The molecule has 1 amide bonds. The Morgan fingerprint density at radius 3 is 2.79 bits per heavy atom. The maximum atomic E-state index is 11.4. The second-order valence-electron chi connectivity index (χ2n) is 4.41. The van der Waals surface area contributed by atoms with E-state index in [1.165, 1.54) is 0 Å². The lowest BCUT2D eigenvalue weighted by Crippen LogP contribution is -2.14. The van der Waals surface area contributed by atoms with E-state index >= 15 is 0 Å². The lowest BCUT2D eigenvalue weighted by atomic mass is 10.0. The van der Waals surface area contributed by atoms with Crippen LogP contribution in [0.15, 0.2) is 28.9 Å². The number of furan rings is 1.